The lowest BCUT2D eigenvalue weighted by Crippen LogP contribution is -2.61. The van der Waals surface area contributed by atoms with Gasteiger partial charge in [0.05, 0.1) is 10.8 Å². The van der Waals surface area contributed by atoms with E-state index in [0.29, 0.717) is 42.9 Å². The quantitative estimate of drug-likeness (QED) is 0.383. The van der Waals surface area contributed by atoms with E-state index in [1.54, 1.807) is 16.4 Å². The van der Waals surface area contributed by atoms with Gasteiger partial charge in [0.25, 0.3) is 0 Å². The summed E-state index contributed by atoms with van der Waals surface area (Å²) in [6.07, 6.45) is 15.6. The van der Waals surface area contributed by atoms with Crippen molar-refractivity contribution in [3.63, 3.8) is 0 Å². The number of hydrogen-bond donors (Lipinski definition) is 2. The fourth-order valence-corrected chi connectivity index (χ4v) is 10.8. The van der Waals surface area contributed by atoms with Gasteiger partial charge in [0.15, 0.2) is 0 Å². The zero-order valence-electron chi connectivity index (χ0n) is 27.3. The maximum atomic E-state index is 14.0. The Hall–Kier alpha value is -2.26. The van der Waals surface area contributed by atoms with E-state index in [4.69, 9.17) is 0 Å². The second kappa shape index (κ2) is 14.7. The molecular weight excluding hydrogens is 580 g/mol. The number of hydrogen-bond acceptors (Lipinski definition) is 5. The first-order valence-electron chi connectivity index (χ1n) is 17.8. The highest BCUT2D eigenvalue weighted by atomic mass is 32.2. The number of sulfonamides is 1. The molecule has 6 rings (SSSR count). The number of fused-ring (bicyclic) bond motifs is 2. The predicted octanol–water partition coefficient (Wildman–Crippen LogP) is 6.44. The molecule has 2 N–H and O–H groups in total. The van der Waals surface area contributed by atoms with Gasteiger partial charge in [-0.1, -0.05) is 99.4 Å². The number of benzene rings is 2. The normalized spacial score (nSPS) is 27.4. The third-order valence-corrected chi connectivity index (χ3v) is 13.6. The monoisotopic (exact) mass is 634 g/mol. The van der Waals surface area contributed by atoms with Crippen LogP contribution in [0.1, 0.15) is 94.6 Å². The number of carbonyl (C=O) groups is 1. The Bertz CT molecular complexity index is 1350. The van der Waals surface area contributed by atoms with Crippen molar-refractivity contribution in [2.45, 2.75) is 108 Å². The first-order valence-corrected chi connectivity index (χ1v) is 19.2. The van der Waals surface area contributed by atoms with Crippen LogP contribution < -0.4 is 10.7 Å². The Morgan fingerprint density at radius 2 is 1.47 bits per heavy atom. The van der Waals surface area contributed by atoms with Crippen LogP contribution in [-0.4, -0.2) is 55.9 Å². The summed E-state index contributed by atoms with van der Waals surface area (Å²) in [7, 11) is -3.49. The van der Waals surface area contributed by atoms with Gasteiger partial charge in [-0.3, -0.25) is 10.2 Å². The molecule has 3 aliphatic heterocycles. The highest BCUT2D eigenvalue weighted by molar-refractivity contribution is 7.89. The Morgan fingerprint density at radius 3 is 2.11 bits per heavy atom. The first kappa shape index (κ1) is 32.7. The molecule has 45 heavy (non-hydrogen) atoms. The van der Waals surface area contributed by atoms with Gasteiger partial charge >= 0.3 is 0 Å². The average Bonchev–Trinajstić information content (AvgIpc) is 3.49. The predicted molar refractivity (Wildman–Crippen MR) is 180 cm³/mol. The average molecular weight is 635 g/mol. The van der Waals surface area contributed by atoms with Crippen LogP contribution in [0.4, 0.5) is 0 Å². The number of hydrazine groups is 1. The molecule has 1 aliphatic carbocycles. The van der Waals surface area contributed by atoms with Crippen LogP contribution in [0.2, 0.25) is 0 Å². The van der Waals surface area contributed by atoms with Crippen molar-refractivity contribution >= 4 is 15.9 Å². The summed E-state index contributed by atoms with van der Waals surface area (Å²) in [5.41, 5.74) is 5.95. The number of nitrogens with zero attached hydrogens (tertiary/aromatic N) is 2. The Balaban J connectivity index is 1.24. The van der Waals surface area contributed by atoms with Crippen LogP contribution in [0.15, 0.2) is 59.5 Å². The number of nitrogens with one attached hydrogen (secondary N) is 2. The zero-order chi connectivity index (χ0) is 31.3. The highest BCUT2D eigenvalue weighted by Gasteiger charge is 2.58. The number of piperidine rings is 2. The summed E-state index contributed by atoms with van der Waals surface area (Å²) >= 11 is 0. The second-order valence-electron chi connectivity index (χ2n) is 14.3. The van der Waals surface area contributed by atoms with Gasteiger partial charge in [0.1, 0.15) is 0 Å². The lowest BCUT2D eigenvalue weighted by molar-refractivity contribution is -0.133. The standard InChI is InChI=1S/C37H54N4O3S/c1-29-15-17-32(18-16-29)45(43,44)40-24-19-31(20-25-40)34-21-26-41-35(37(34)22-11-6-4-2-3-5-7-12-23-37)33(28-39-41)36(42)38-27-30-13-9-8-10-14-30/h8-10,13-18,31,33-35,39H,2-7,11-12,19-28H2,1H3,(H,38,42). The minimum absolute atomic E-state index is 0.0590. The van der Waals surface area contributed by atoms with Gasteiger partial charge in [0, 0.05) is 38.8 Å². The van der Waals surface area contributed by atoms with E-state index >= 15 is 0 Å². The van der Waals surface area contributed by atoms with Gasteiger partial charge in [-0.15, -0.1) is 0 Å². The smallest absolute Gasteiger partial charge is 0.243 e. The maximum absolute atomic E-state index is 14.0. The molecule has 3 saturated heterocycles. The molecule has 1 amide bonds. The molecule has 3 atom stereocenters. The van der Waals surface area contributed by atoms with Crippen molar-refractivity contribution in [3.8, 4) is 0 Å². The van der Waals surface area contributed by atoms with Gasteiger partial charge in [-0.05, 0) is 74.0 Å². The molecule has 0 aromatic heterocycles. The molecule has 4 fully saturated rings. The number of rotatable bonds is 6. The van der Waals surface area contributed by atoms with Crippen LogP contribution in [0, 0.1) is 30.1 Å². The van der Waals surface area contributed by atoms with Gasteiger partial charge in [-0.25, -0.2) is 13.4 Å². The van der Waals surface area contributed by atoms with Gasteiger partial charge in [-0.2, -0.15) is 4.31 Å². The van der Waals surface area contributed by atoms with Crippen LogP contribution >= 0.6 is 0 Å². The number of amides is 1. The van der Waals surface area contributed by atoms with Crippen molar-refractivity contribution in [2.75, 3.05) is 26.2 Å². The van der Waals surface area contributed by atoms with Crippen LogP contribution in [0.5, 0.6) is 0 Å². The van der Waals surface area contributed by atoms with E-state index in [0.717, 1.165) is 36.9 Å². The lowest BCUT2D eigenvalue weighted by atomic mass is 9.54. The van der Waals surface area contributed by atoms with Crippen molar-refractivity contribution in [1.82, 2.24) is 20.1 Å². The minimum atomic E-state index is -3.49. The van der Waals surface area contributed by atoms with Crippen molar-refractivity contribution < 1.29 is 13.2 Å². The molecule has 7 nitrogen and oxygen atoms in total. The van der Waals surface area contributed by atoms with E-state index in [-0.39, 0.29) is 23.3 Å². The van der Waals surface area contributed by atoms with E-state index in [9.17, 15) is 13.2 Å². The van der Waals surface area contributed by atoms with E-state index in [1.807, 2.05) is 37.3 Å². The fourth-order valence-electron chi connectivity index (χ4n) is 9.35. The van der Waals surface area contributed by atoms with E-state index in [1.165, 1.54) is 64.2 Å². The highest BCUT2D eigenvalue weighted by Crippen LogP contribution is 2.56. The lowest BCUT2D eigenvalue weighted by Gasteiger charge is -2.57. The molecule has 3 unspecified atom stereocenters. The number of carbonyl (C=O) groups excluding carboxylic acids is 1. The molecule has 2 aromatic carbocycles. The molecular formula is C37H54N4O3S. The third-order valence-electron chi connectivity index (χ3n) is 11.6. The molecule has 8 heteroatoms. The SMILES string of the molecule is Cc1ccc(S(=O)(=O)N2CCC(C3CCN4NCC(C(=O)NCc5ccccc5)C4C34CCCCCCCCCC4)CC2)cc1. The maximum Gasteiger partial charge on any atom is 0.243 e. The van der Waals surface area contributed by atoms with Crippen LogP contribution in [-0.2, 0) is 21.4 Å². The molecule has 1 saturated carbocycles. The summed E-state index contributed by atoms with van der Waals surface area (Å²) < 4.78 is 28.9. The summed E-state index contributed by atoms with van der Waals surface area (Å²) in [4.78, 5) is 14.4. The summed E-state index contributed by atoms with van der Waals surface area (Å²) in [5, 5.41) is 5.77. The van der Waals surface area contributed by atoms with E-state index < -0.39 is 10.0 Å². The molecule has 246 valence electrons. The summed E-state index contributed by atoms with van der Waals surface area (Å²) in [6, 6.07) is 17.7. The van der Waals surface area contributed by atoms with Crippen molar-refractivity contribution in [1.29, 1.82) is 0 Å². The Morgan fingerprint density at radius 1 is 0.844 bits per heavy atom. The third kappa shape index (κ3) is 7.19. The van der Waals surface area contributed by atoms with Crippen LogP contribution in [0.3, 0.4) is 0 Å². The molecule has 0 radical (unpaired) electrons. The van der Waals surface area contributed by atoms with Gasteiger partial charge < -0.3 is 5.32 Å². The van der Waals surface area contributed by atoms with E-state index in [2.05, 4.69) is 27.9 Å². The van der Waals surface area contributed by atoms with Crippen molar-refractivity contribution in [3.05, 3.63) is 65.7 Å². The molecule has 0 bridgehead atoms. The molecule has 3 heterocycles. The largest absolute Gasteiger partial charge is 0.352 e. The Labute approximate surface area is 271 Å². The molecule has 2 aromatic rings. The summed E-state index contributed by atoms with van der Waals surface area (Å²) in [6.45, 7) is 5.38. The first-order chi connectivity index (χ1) is 21.9. The van der Waals surface area contributed by atoms with Crippen LogP contribution in [0.25, 0.3) is 0 Å². The minimum Gasteiger partial charge on any atom is -0.352 e. The molecule has 4 aliphatic rings. The number of aryl methyl sites for hydroxylation is 1. The topological polar surface area (TPSA) is 81.8 Å². The second-order valence-corrected chi connectivity index (χ2v) is 16.3. The molecule has 1 spiro atoms. The van der Waals surface area contributed by atoms with Crippen molar-refractivity contribution in [2.24, 2.45) is 23.2 Å². The fraction of sp³-hybridized carbons (Fsp3) is 0.649. The summed E-state index contributed by atoms with van der Waals surface area (Å²) in [5.74, 6) is 1.08. The Kier molecular flexibility index (Phi) is 10.6. The zero-order valence-corrected chi connectivity index (χ0v) is 28.1. The van der Waals surface area contributed by atoms with Gasteiger partial charge in [0.2, 0.25) is 15.9 Å².